The molecule has 138 valence electrons. The third-order valence-corrected chi connectivity index (χ3v) is 5.22. The lowest BCUT2D eigenvalue weighted by Gasteiger charge is -2.22. The number of rotatable bonds is 3. The Morgan fingerprint density at radius 2 is 1.85 bits per heavy atom. The van der Waals surface area contributed by atoms with Crippen molar-refractivity contribution >= 4 is 22.6 Å². The number of benzene rings is 1. The zero-order valence-corrected chi connectivity index (χ0v) is 14.9. The number of anilines is 1. The first-order valence-electron chi connectivity index (χ1n) is 9.25. The molecule has 0 radical (unpaired) electrons. The summed E-state index contributed by atoms with van der Waals surface area (Å²) < 4.78 is 0. The van der Waals surface area contributed by atoms with Gasteiger partial charge in [-0.1, -0.05) is 31.4 Å². The largest absolute Gasteiger partial charge is 0.505 e. The molecule has 27 heavy (non-hydrogen) atoms. The Labute approximate surface area is 156 Å². The van der Waals surface area contributed by atoms with Crippen LogP contribution in [0.4, 0.5) is 5.69 Å². The summed E-state index contributed by atoms with van der Waals surface area (Å²) in [6, 6.07) is 11.0. The predicted molar refractivity (Wildman–Crippen MR) is 104 cm³/mol. The number of pyridine rings is 2. The Kier molecular flexibility index (Phi) is 4.62. The molecule has 1 aliphatic carbocycles. The van der Waals surface area contributed by atoms with Gasteiger partial charge in [0.15, 0.2) is 5.75 Å². The summed E-state index contributed by atoms with van der Waals surface area (Å²) in [4.78, 5) is 31.4. The van der Waals surface area contributed by atoms with Crippen molar-refractivity contribution < 1.29 is 9.90 Å². The highest BCUT2D eigenvalue weighted by molar-refractivity contribution is 6.08. The first-order valence-corrected chi connectivity index (χ1v) is 9.25. The molecule has 6 nitrogen and oxygen atoms in total. The van der Waals surface area contributed by atoms with Crippen molar-refractivity contribution in [2.45, 2.75) is 38.0 Å². The van der Waals surface area contributed by atoms with Crippen molar-refractivity contribution in [3.63, 3.8) is 0 Å². The Hall–Kier alpha value is -3.15. The second kappa shape index (κ2) is 7.23. The van der Waals surface area contributed by atoms with Gasteiger partial charge in [-0.25, -0.2) is 0 Å². The third kappa shape index (κ3) is 3.43. The lowest BCUT2D eigenvalue weighted by atomic mass is 9.84. The molecule has 0 atom stereocenters. The molecule has 1 aliphatic rings. The van der Waals surface area contributed by atoms with Gasteiger partial charge in [-0.05, 0) is 48.6 Å². The van der Waals surface area contributed by atoms with E-state index in [1.165, 1.54) is 43.9 Å². The van der Waals surface area contributed by atoms with Gasteiger partial charge in [0.2, 0.25) is 0 Å². The van der Waals surface area contributed by atoms with Crippen molar-refractivity contribution in [2.24, 2.45) is 0 Å². The summed E-state index contributed by atoms with van der Waals surface area (Å²) in [5.74, 6) is -0.487. The van der Waals surface area contributed by atoms with Crippen molar-refractivity contribution in [1.29, 1.82) is 0 Å². The van der Waals surface area contributed by atoms with Crippen molar-refractivity contribution in [2.75, 3.05) is 5.32 Å². The molecule has 0 spiro atoms. The lowest BCUT2D eigenvalue weighted by Crippen LogP contribution is -2.23. The molecule has 1 amide bonds. The van der Waals surface area contributed by atoms with Crippen molar-refractivity contribution in [1.82, 2.24) is 9.97 Å². The van der Waals surface area contributed by atoms with Crippen LogP contribution < -0.4 is 10.9 Å². The Bertz CT molecular complexity index is 1030. The summed E-state index contributed by atoms with van der Waals surface area (Å²) >= 11 is 0. The van der Waals surface area contributed by atoms with Crippen LogP contribution in [-0.4, -0.2) is 21.0 Å². The first-order chi connectivity index (χ1) is 13.1. The number of hydrogen-bond acceptors (Lipinski definition) is 4. The lowest BCUT2D eigenvalue weighted by molar-refractivity contribution is 0.102. The number of carbonyl (C=O) groups is 1. The highest BCUT2D eigenvalue weighted by Crippen LogP contribution is 2.33. The predicted octanol–water partition coefficient (Wildman–Crippen LogP) is 3.93. The van der Waals surface area contributed by atoms with Gasteiger partial charge < -0.3 is 15.4 Å². The van der Waals surface area contributed by atoms with Crippen molar-refractivity contribution in [3.05, 3.63) is 64.1 Å². The van der Waals surface area contributed by atoms with Crippen LogP contribution >= 0.6 is 0 Å². The molecule has 3 N–H and O–H groups in total. The van der Waals surface area contributed by atoms with Crippen LogP contribution in [0.5, 0.6) is 5.75 Å². The highest BCUT2D eigenvalue weighted by atomic mass is 16.3. The Balaban J connectivity index is 1.57. The second-order valence-corrected chi connectivity index (χ2v) is 6.99. The molecular formula is C21H21N3O3. The minimum atomic E-state index is -0.660. The van der Waals surface area contributed by atoms with Gasteiger partial charge in [0.25, 0.3) is 11.5 Å². The normalized spacial score (nSPS) is 15.0. The number of H-pyrrole nitrogens is 1. The summed E-state index contributed by atoms with van der Waals surface area (Å²) in [5.41, 5.74) is 1.45. The molecule has 0 aliphatic heterocycles. The zero-order chi connectivity index (χ0) is 18.8. The zero-order valence-electron chi connectivity index (χ0n) is 14.9. The van der Waals surface area contributed by atoms with E-state index >= 15 is 0 Å². The monoisotopic (exact) mass is 363 g/mol. The fraction of sp³-hybridized carbons (Fsp3) is 0.286. The summed E-state index contributed by atoms with van der Waals surface area (Å²) in [7, 11) is 0. The molecule has 2 aromatic heterocycles. The number of hydrogen-bond donors (Lipinski definition) is 3. The molecule has 0 saturated heterocycles. The number of fused-ring (bicyclic) bond motifs is 1. The summed E-state index contributed by atoms with van der Waals surface area (Å²) in [6.45, 7) is 0. The quantitative estimate of drug-likeness (QED) is 0.657. The van der Waals surface area contributed by atoms with E-state index in [0.717, 1.165) is 0 Å². The molecule has 1 fully saturated rings. The average molecular weight is 363 g/mol. The molecule has 4 rings (SSSR count). The first kappa shape index (κ1) is 17.3. The number of aromatic nitrogens is 2. The van der Waals surface area contributed by atoms with Gasteiger partial charge in [-0.2, -0.15) is 0 Å². The van der Waals surface area contributed by atoms with Crippen LogP contribution in [0.2, 0.25) is 0 Å². The van der Waals surface area contributed by atoms with E-state index in [4.69, 9.17) is 0 Å². The molecule has 1 saturated carbocycles. The molecular weight excluding hydrogens is 342 g/mol. The summed E-state index contributed by atoms with van der Waals surface area (Å²) in [6.07, 6.45) is 7.75. The van der Waals surface area contributed by atoms with E-state index in [9.17, 15) is 14.7 Å². The number of aromatic amines is 1. The molecule has 0 bridgehead atoms. The Morgan fingerprint density at radius 3 is 2.59 bits per heavy atom. The van der Waals surface area contributed by atoms with Crippen LogP contribution in [0.1, 0.15) is 53.9 Å². The minimum absolute atomic E-state index is 0.190. The van der Waals surface area contributed by atoms with Crippen molar-refractivity contribution in [3.8, 4) is 5.75 Å². The van der Waals surface area contributed by atoms with E-state index < -0.39 is 17.2 Å². The maximum absolute atomic E-state index is 12.6. The number of aromatic hydroxyl groups is 1. The summed E-state index contributed by atoms with van der Waals surface area (Å²) in [5, 5.41) is 13.0. The van der Waals surface area contributed by atoms with E-state index in [1.807, 2.05) is 24.3 Å². The Morgan fingerprint density at radius 1 is 1.11 bits per heavy atom. The average Bonchev–Trinajstić information content (AvgIpc) is 2.69. The van der Waals surface area contributed by atoms with Gasteiger partial charge in [0.1, 0.15) is 11.1 Å². The molecule has 6 heteroatoms. The van der Waals surface area contributed by atoms with Crippen LogP contribution in [0.25, 0.3) is 11.0 Å². The fourth-order valence-corrected chi connectivity index (χ4v) is 3.78. The van der Waals surface area contributed by atoms with Crippen LogP contribution in [0.15, 0.2) is 47.4 Å². The second-order valence-electron chi connectivity index (χ2n) is 6.99. The topological polar surface area (TPSA) is 95.1 Å². The fourth-order valence-electron chi connectivity index (χ4n) is 3.78. The van der Waals surface area contributed by atoms with Gasteiger partial charge in [-0.15, -0.1) is 0 Å². The maximum atomic E-state index is 12.6. The van der Waals surface area contributed by atoms with Crippen LogP contribution in [0.3, 0.4) is 0 Å². The number of carbonyl (C=O) groups excluding carboxylic acids is 1. The van der Waals surface area contributed by atoms with Crippen LogP contribution in [-0.2, 0) is 0 Å². The molecule has 1 aromatic carbocycles. The molecule has 0 unspecified atom stereocenters. The molecule has 2 heterocycles. The van der Waals surface area contributed by atoms with Crippen LogP contribution in [0, 0.1) is 0 Å². The number of nitrogens with one attached hydrogen (secondary N) is 2. The number of nitrogens with zero attached hydrogens (tertiary/aromatic N) is 1. The molecule has 3 aromatic rings. The van der Waals surface area contributed by atoms with E-state index in [1.54, 1.807) is 12.1 Å². The van der Waals surface area contributed by atoms with Gasteiger partial charge >= 0.3 is 0 Å². The highest BCUT2D eigenvalue weighted by Gasteiger charge is 2.20. The van der Waals surface area contributed by atoms with Gasteiger partial charge in [0, 0.05) is 11.9 Å². The smallest absolute Gasteiger partial charge is 0.265 e. The van der Waals surface area contributed by atoms with Gasteiger partial charge in [-0.3, -0.25) is 14.6 Å². The third-order valence-electron chi connectivity index (χ3n) is 5.22. The van der Waals surface area contributed by atoms with E-state index in [0.29, 0.717) is 17.1 Å². The van der Waals surface area contributed by atoms with Gasteiger partial charge in [0.05, 0.1) is 5.52 Å². The minimum Gasteiger partial charge on any atom is -0.505 e. The number of amides is 1. The standard InChI is InChI=1S/C21H21N3O3/c25-19-17(21(27)24-16-7-4-12-22-18(16)19)20(26)23-15-10-8-14(9-11-15)13-5-2-1-3-6-13/h4,7-13H,1-3,5-6H2,(H,23,26)(H2,24,25,27). The van der Waals surface area contributed by atoms with E-state index in [-0.39, 0.29) is 11.1 Å². The SMILES string of the molecule is O=C(Nc1ccc(C2CCCCC2)cc1)c1c(O)c2ncccc2[nH]c1=O. The maximum Gasteiger partial charge on any atom is 0.265 e. The van der Waals surface area contributed by atoms with E-state index in [2.05, 4.69) is 15.3 Å².